The van der Waals surface area contributed by atoms with E-state index in [0.29, 0.717) is 11.5 Å². The van der Waals surface area contributed by atoms with E-state index in [0.717, 1.165) is 22.3 Å². The molecule has 0 atom stereocenters. The van der Waals surface area contributed by atoms with Crippen molar-refractivity contribution in [2.45, 2.75) is 26.7 Å². The van der Waals surface area contributed by atoms with E-state index in [-0.39, 0.29) is 7.43 Å². The smallest absolute Gasteiger partial charge is 0.118 e. The first-order valence-electron chi connectivity index (χ1n) is 9.83. The van der Waals surface area contributed by atoms with E-state index in [1.165, 1.54) is 22.3 Å². The first-order chi connectivity index (χ1) is 14.0. The number of rotatable bonds is 2. The minimum atomic E-state index is -0.510. The van der Waals surface area contributed by atoms with Crippen molar-refractivity contribution >= 4 is 0 Å². The molecule has 0 saturated carbocycles. The molecule has 30 heavy (non-hydrogen) atoms. The van der Waals surface area contributed by atoms with Crippen LogP contribution in [0.25, 0.3) is 11.1 Å². The van der Waals surface area contributed by atoms with Crippen LogP contribution < -0.4 is 0 Å². The fraction of sp³-hybridized carbons (Fsp3) is 0.143. The summed E-state index contributed by atoms with van der Waals surface area (Å²) in [6.45, 7) is 3.86. The van der Waals surface area contributed by atoms with Crippen LogP contribution in [0.4, 0.5) is 0 Å². The fourth-order valence-corrected chi connectivity index (χ4v) is 4.80. The summed E-state index contributed by atoms with van der Waals surface area (Å²) in [5.74, 6) is 0.593. The molecule has 0 aliphatic heterocycles. The van der Waals surface area contributed by atoms with Gasteiger partial charge in [-0.3, -0.25) is 0 Å². The summed E-state index contributed by atoms with van der Waals surface area (Å²) in [4.78, 5) is 0. The molecule has 150 valence electrons. The van der Waals surface area contributed by atoms with Crippen LogP contribution in [-0.2, 0) is 5.41 Å². The van der Waals surface area contributed by atoms with Gasteiger partial charge in [0.15, 0.2) is 0 Å². The largest absolute Gasteiger partial charge is 0.508 e. The monoisotopic (exact) mass is 394 g/mol. The second kappa shape index (κ2) is 7.07. The van der Waals surface area contributed by atoms with E-state index in [2.05, 4.69) is 60.7 Å². The molecule has 4 aromatic rings. The Morgan fingerprint density at radius 2 is 0.967 bits per heavy atom. The summed E-state index contributed by atoms with van der Waals surface area (Å²) in [6, 6.07) is 28.8. The normalized spacial score (nSPS) is 13.3. The molecule has 0 aromatic heterocycles. The Morgan fingerprint density at radius 1 is 0.567 bits per heavy atom. The molecule has 2 heteroatoms. The third kappa shape index (κ3) is 2.57. The van der Waals surface area contributed by atoms with Crippen LogP contribution in [0, 0.1) is 13.8 Å². The van der Waals surface area contributed by atoms with Crippen molar-refractivity contribution in [3.8, 4) is 22.6 Å². The second-order valence-electron chi connectivity index (χ2n) is 7.84. The lowest BCUT2D eigenvalue weighted by molar-refractivity contribution is 0.470. The lowest BCUT2D eigenvalue weighted by Crippen LogP contribution is -2.28. The lowest BCUT2D eigenvalue weighted by Gasteiger charge is -2.34. The maximum Gasteiger partial charge on any atom is 0.118 e. The van der Waals surface area contributed by atoms with Crippen molar-refractivity contribution < 1.29 is 10.2 Å². The predicted octanol–water partition coefficient (Wildman–Crippen LogP) is 6.71. The first kappa shape index (κ1) is 19.8. The summed E-state index contributed by atoms with van der Waals surface area (Å²) in [5, 5.41) is 20.4. The molecule has 2 N–H and O–H groups in total. The predicted molar refractivity (Wildman–Crippen MR) is 123 cm³/mol. The van der Waals surface area contributed by atoms with Crippen LogP contribution in [-0.4, -0.2) is 10.2 Å². The van der Waals surface area contributed by atoms with Gasteiger partial charge in [-0.05, 0) is 70.5 Å². The van der Waals surface area contributed by atoms with E-state index >= 15 is 0 Å². The zero-order valence-electron chi connectivity index (χ0n) is 16.5. The molecule has 0 radical (unpaired) electrons. The minimum Gasteiger partial charge on any atom is -0.508 e. The van der Waals surface area contributed by atoms with Crippen molar-refractivity contribution in [1.29, 1.82) is 0 Å². The Morgan fingerprint density at radius 3 is 1.37 bits per heavy atom. The standard InChI is InChI=1S/C27H22O2.CH4/c1-17-15-19(11-13-25(17)28)27(20-12-14-26(29)18(2)16-20)23-9-5-3-7-21(23)22-8-4-6-10-24(22)27;/h3-16,28-29H,1-2H3;1H4. The highest BCUT2D eigenvalue weighted by Gasteiger charge is 2.46. The molecule has 0 bridgehead atoms. The fourth-order valence-electron chi connectivity index (χ4n) is 4.80. The van der Waals surface area contributed by atoms with Gasteiger partial charge in [-0.2, -0.15) is 0 Å². The Hall–Kier alpha value is -3.52. The molecular formula is C28H26O2. The highest BCUT2D eigenvalue weighted by molar-refractivity contribution is 5.86. The SMILES string of the molecule is C.Cc1cc(C2(c3ccc(O)c(C)c3)c3ccccc3-c3ccccc32)ccc1O. The van der Waals surface area contributed by atoms with Crippen LogP contribution in [0.15, 0.2) is 84.9 Å². The highest BCUT2D eigenvalue weighted by Crippen LogP contribution is 2.56. The zero-order chi connectivity index (χ0) is 20.2. The Kier molecular flexibility index (Phi) is 4.66. The van der Waals surface area contributed by atoms with Crippen LogP contribution >= 0.6 is 0 Å². The number of phenols is 2. The second-order valence-corrected chi connectivity index (χ2v) is 7.84. The molecule has 0 fully saturated rings. The highest BCUT2D eigenvalue weighted by atomic mass is 16.3. The Bertz CT molecular complexity index is 1150. The third-order valence-corrected chi connectivity index (χ3v) is 6.21. The number of hydrogen-bond donors (Lipinski definition) is 2. The molecule has 4 aromatic carbocycles. The molecule has 0 heterocycles. The number of fused-ring (bicyclic) bond motifs is 3. The molecule has 2 nitrogen and oxygen atoms in total. The first-order valence-corrected chi connectivity index (χ1v) is 9.83. The maximum absolute atomic E-state index is 10.2. The van der Waals surface area contributed by atoms with Crippen LogP contribution in [0.1, 0.15) is 40.8 Å². The van der Waals surface area contributed by atoms with Crippen molar-refractivity contribution in [2.75, 3.05) is 0 Å². The zero-order valence-corrected chi connectivity index (χ0v) is 16.5. The third-order valence-electron chi connectivity index (χ3n) is 6.21. The van der Waals surface area contributed by atoms with Gasteiger partial charge in [0, 0.05) is 0 Å². The van der Waals surface area contributed by atoms with Crippen LogP contribution in [0.5, 0.6) is 11.5 Å². The van der Waals surface area contributed by atoms with Gasteiger partial charge in [0.05, 0.1) is 5.41 Å². The topological polar surface area (TPSA) is 40.5 Å². The molecule has 0 amide bonds. The van der Waals surface area contributed by atoms with Crippen molar-refractivity contribution in [3.05, 3.63) is 118 Å². The summed E-state index contributed by atoms with van der Waals surface area (Å²) >= 11 is 0. The van der Waals surface area contributed by atoms with Crippen molar-refractivity contribution in [3.63, 3.8) is 0 Å². The van der Waals surface area contributed by atoms with Gasteiger partial charge in [0.25, 0.3) is 0 Å². The van der Waals surface area contributed by atoms with Gasteiger partial charge in [-0.15, -0.1) is 0 Å². The molecule has 1 aliphatic rings. The molecule has 0 saturated heterocycles. The summed E-state index contributed by atoms with van der Waals surface area (Å²) in [7, 11) is 0. The molecule has 0 unspecified atom stereocenters. The van der Waals surface area contributed by atoms with Crippen LogP contribution in [0.3, 0.4) is 0 Å². The Labute approximate surface area is 178 Å². The quantitative estimate of drug-likeness (QED) is 0.349. The lowest BCUT2D eigenvalue weighted by atomic mass is 9.67. The number of aryl methyl sites for hydroxylation is 2. The van der Waals surface area contributed by atoms with Crippen molar-refractivity contribution in [2.24, 2.45) is 0 Å². The maximum atomic E-state index is 10.2. The molecular weight excluding hydrogens is 368 g/mol. The number of hydrogen-bond acceptors (Lipinski definition) is 2. The van der Waals surface area contributed by atoms with Gasteiger partial charge in [-0.25, -0.2) is 0 Å². The van der Waals surface area contributed by atoms with E-state index in [1.807, 2.05) is 26.0 Å². The van der Waals surface area contributed by atoms with Gasteiger partial charge in [-0.1, -0.05) is 80.2 Å². The van der Waals surface area contributed by atoms with Crippen molar-refractivity contribution in [1.82, 2.24) is 0 Å². The summed E-state index contributed by atoms with van der Waals surface area (Å²) in [6.07, 6.45) is 0. The van der Waals surface area contributed by atoms with Gasteiger partial charge in [0.2, 0.25) is 0 Å². The van der Waals surface area contributed by atoms with Gasteiger partial charge < -0.3 is 10.2 Å². The molecule has 5 rings (SSSR count). The summed E-state index contributed by atoms with van der Waals surface area (Å²) in [5.41, 5.74) is 8.28. The van der Waals surface area contributed by atoms with Crippen LogP contribution in [0.2, 0.25) is 0 Å². The number of aromatic hydroxyl groups is 2. The average Bonchev–Trinajstić information content (AvgIpc) is 3.04. The van der Waals surface area contributed by atoms with Gasteiger partial charge in [0.1, 0.15) is 11.5 Å². The van der Waals surface area contributed by atoms with E-state index in [9.17, 15) is 10.2 Å². The Balaban J connectivity index is 0.00000218. The van der Waals surface area contributed by atoms with Gasteiger partial charge >= 0.3 is 0 Å². The average molecular weight is 395 g/mol. The minimum absolute atomic E-state index is 0. The van der Waals surface area contributed by atoms with E-state index < -0.39 is 5.41 Å². The number of benzene rings is 4. The molecule has 0 spiro atoms. The number of phenolic OH excluding ortho intramolecular Hbond substituents is 2. The molecule has 1 aliphatic carbocycles. The van der Waals surface area contributed by atoms with E-state index in [4.69, 9.17) is 0 Å². The summed E-state index contributed by atoms with van der Waals surface area (Å²) < 4.78 is 0. The van der Waals surface area contributed by atoms with E-state index in [1.54, 1.807) is 12.1 Å².